The third kappa shape index (κ3) is 4.84. The predicted molar refractivity (Wildman–Crippen MR) is 125 cm³/mol. The van der Waals surface area contributed by atoms with E-state index in [2.05, 4.69) is 10.6 Å². The summed E-state index contributed by atoms with van der Waals surface area (Å²) in [4.78, 5) is 63.7. The summed E-state index contributed by atoms with van der Waals surface area (Å²) in [6.07, 6.45) is 0.954. The third-order valence-corrected chi connectivity index (χ3v) is 6.48. The Kier molecular flexibility index (Phi) is 6.50. The van der Waals surface area contributed by atoms with E-state index < -0.39 is 28.9 Å². The maximum Gasteiger partial charge on any atom is 0.325 e. The first-order valence-electron chi connectivity index (χ1n) is 11.2. The average Bonchev–Trinajstić information content (AvgIpc) is 3.08. The number of anilines is 1. The fraction of sp³-hybridized carbons (Fsp3) is 0.333. The monoisotopic (exact) mass is 479 g/mol. The van der Waals surface area contributed by atoms with Crippen molar-refractivity contribution in [3.63, 3.8) is 0 Å². The van der Waals surface area contributed by atoms with Crippen LogP contribution in [0.3, 0.4) is 0 Å². The Labute approximate surface area is 201 Å². The molecule has 182 valence electrons. The van der Waals surface area contributed by atoms with Gasteiger partial charge in [-0.05, 0) is 49.6 Å². The molecule has 5 amide bonds. The largest absolute Gasteiger partial charge is 0.341 e. The van der Waals surface area contributed by atoms with Gasteiger partial charge in [0.2, 0.25) is 11.8 Å². The summed E-state index contributed by atoms with van der Waals surface area (Å²) in [5.74, 6) is -1.33. The molecule has 11 heteroatoms. The number of para-hydroxylation sites is 1. The number of urea groups is 1. The van der Waals surface area contributed by atoms with E-state index in [0.717, 1.165) is 4.90 Å². The van der Waals surface area contributed by atoms with Crippen molar-refractivity contribution in [3.8, 4) is 0 Å². The van der Waals surface area contributed by atoms with Crippen LogP contribution in [-0.4, -0.2) is 58.1 Å². The van der Waals surface area contributed by atoms with Crippen LogP contribution in [0.2, 0.25) is 0 Å². The number of imide groups is 1. The molecule has 1 atom stereocenters. The minimum atomic E-state index is -1.44. The number of rotatable bonds is 6. The number of nitrogens with zero attached hydrogens (tertiary/aromatic N) is 3. The minimum Gasteiger partial charge on any atom is -0.341 e. The molecule has 0 aromatic heterocycles. The van der Waals surface area contributed by atoms with Crippen molar-refractivity contribution in [1.29, 1.82) is 0 Å². The lowest BCUT2D eigenvalue weighted by Gasteiger charge is -2.32. The van der Waals surface area contributed by atoms with Gasteiger partial charge >= 0.3 is 6.03 Å². The Balaban J connectivity index is 1.34. The summed E-state index contributed by atoms with van der Waals surface area (Å²) >= 11 is 0. The number of nitro benzene ring substituents is 1. The molecule has 2 N–H and O–H groups in total. The van der Waals surface area contributed by atoms with E-state index in [1.54, 1.807) is 17.0 Å². The number of nitrogens with one attached hydrogen (secondary N) is 2. The molecule has 2 aromatic rings. The molecule has 0 spiro atoms. The van der Waals surface area contributed by atoms with Gasteiger partial charge < -0.3 is 15.5 Å². The highest BCUT2D eigenvalue weighted by Gasteiger charge is 2.50. The van der Waals surface area contributed by atoms with Gasteiger partial charge in [0.15, 0.2) is 0 Å². The third-order valence-electron chi connectivity index (χ3n) is 6.48. The van der Waals surface area contributed by atoms with Gasteiger partial charge in [-0.1, -0.05) is 18.2 Å². The Morgan fingerprint density at radius 3 is 2.31 bits per heavy atom. The number of carbonyl (C=O) groups is 4. The fourth-order valence-electron chi connectivity index (χ4n) is 4.34. The Morgan fingerprint density at radius 2 is 1.71 bits per heavy atom. The van der Waals surface area contributed by atoms with E-state index in [0.29, 0.717) is 37.2 Å². The molecule has 4 rings (SSSR count). The van der Waals surface area contributed by atoms with Crippen molar-refractivity contribution in [1.82, 2.24) is 15.1 Å². The number of carbonyl (C=O) groups excluding carboxylic acids is 4. The molecule has 0 bridgehead atoms. The summed E-state index contributed by atoms with van der Waals surface area (Å²) in [7, 11) is 0. The number of likely N-dealkylation sites (tertiary alicyclic amines) is 1. The lowest BCUT2D eigenvalue weighted by atomic mass is 9.92. The average molecular weight is 479 g/mol. The Hall–Kier alpha value is -4.28. The van der Waals surface area contributed by atoms with Crippen molar-refractivity contribution in [2.24, 2.45) is 5.92 Å². The summed E-state index contributed by atoms with van der Waals surface area (Å²) in [5, 5.41) is 16.4. The minimum absolute atomic E-state index is 0.101. The quantitative estimate of drug-likeness (QED) is 0.370. The van der Waals surface area contributed by atoms with Gasteiger partial charge in [0, 0.05) is 36.8 Å². The SMILES string of the molecule is CC1(c2ccc([N+](=O)[O-])cc2)NC(=O)N(CC(=O)N2CCC(C(=O)Nc3ccccc3)CC2)C1=O. The molecule has 2 heterocycles. The molecule has 2 aliphatic heterocycles. The van der Waals surface area contributed by atoms with Crippen LogP contribution < -0.4 is 10.6 Å². The van der Waals surface area contributed by atoms with E-state index >= 15 is 0 Å². The molecule has 0 saturated carbocycles. The van der Waals surface area contributed by atoms with Crippen LogP contribution in [0.5, 0.6) is 0 Å². The van der Waals surface area contributed by atoms with Crippen molar-refractivity contribution in [3.05, 3.63) is 70.3 Å². The van der Waals surface area contributed by atoms with E-state index in [1.165, 1.54) is 31.2 Å². The number of non-ortho nitro benzene ring substituents is 1. The molecular formula is C24H25N5O6. The maximum atomic E-state index is 13.1. The van der Waals surface area contributed by atoms with Crippen molar-refractivity contribution < 1.29 is 24.1 Å². The number of piperidine rings is 1. The molecule has 2 saturated heterocycles. The number of benzene rings is 2. The molecule has 2 fully saturated rings. The summed E-state index contributed by atoms with van der Waals surface area (Å²) in [5.41, 5.74) is -0.482. The van der Waals surface area contributed by atoms with Gasteiger partial charge in [0.1, 0.15) is 12.1 Å². The van der Waals surface area contributed by atoms with E-state index in [1.807, 2.05) is 18.2 Å². The topological polar surface area (TPSA) is 142 Å². The van der Waals surface area contributed by atoms with Gasteiger partial charge in [-0.3, -0.25) is 29.4 Å². The molecule has 1 unspecified atom stereocenters. The molecule has 35 heavy (non-hydrogen) atoms. The zero-order chi connectivity index (χ0) is 25.2. The van der Waals surface area contributed by atoms with Gasteiger partial charge in [-0.2, -0.15) is 0 Å². The highest BCUT2D eigenvalue weighted by atomic mass is 16.6. The molecule has 0 radical (unpaired) electrons. The molecule has 0 aliphatic carbocycles. The van der Waals surface area contributed by atoms with Crippen molar-refractivity contribution in [2.45, 2.75) is 25.3 Å². The van der Waals surface area contributed by atoms with Gasteiger partial charge in [0.25, 0.3) is 11.6 Å². The second-order valence-electron chi connectivity index (χ2n) is 8.76. The standard InChI is InChI=1S/C24H25N5O6/c1-24(17-7-9-19(10-8-17)29(34)35)22(32)28(23(33)26-24)15-20(30)27-13-11-16(12-14-27)21(31)25-18-5-3-2-4-6-18/h2-10,16H,11-15H2,1H3,(H,25,31)(H,26,33). The lowest BCUT2D eigenvalue weighted by Crippen LogP contribution is -2.47. The molecule has 2 aliphatic rings. The second kappa shape index (κ2) is 9.53. The fourth-order valence-corrected chi connectivity index (χ4v) is 4.34. The van der Waals surface area contributed by atoms with Crippen LogP contribution >= 0.6 is 0 Å². The smallest absolute Gasteiger partial charge is 0.325 e. The number of amides is 5. The Morgan fingerprint density at radius 1 is 1.09 bits per heavy atom. The first kappa shape index (κ1) is 23.9. The number of hydrogen-bond acceptors (Lipinski definition) is 6. The molecular weight excluding hydrogens is 454 g/mol. The number of nitro groups is 1. The zero-order valence-electron chi connectivity index (χ0n) is 19.1. The summed E-state index contributed by atoms with van der Waals surface area (Å²) < 4.78 is 0. The molecule has 11 nitrogen and oxygen atoms in total. The second-order valence-corrected chi connectivity index (χ2v) is 8.76. The van der Waals surface area contributed by atoms with Crippen LogP contribution in [-0.2, 0) is 19.9 Å². The van der Waals surface area contributed by atoms with Gasteiger partial charge in [-0.25, -0.2) is 4.79 Å². The van der Waals surface area contributed by atoms with E-state index in [4.69, 9.17) is 0 Å². The highest BCUT2D eigenvalue weighted by molar-refractivity contribution is 6.09. The van der Waals surface area contributed by atoms with Crippen LogP contribution in [0.25, 0.3) is 0 Å². The predicted octanol–water partition coefficient (Wildman–Crippen LogP) is 2.24. The van der Waals surface area contributed by atoms with Crippen molar-refractivity contribution in [2.75, 3.05) is 25.0 Å². The first-order valence-corrected chi connectivity index (χ1v) is 11.2. The van der Waals surface area contributed by atoms with Gasteiger partial charge in [0.05, 0.1) is 4.92 Å². The van der Waals surface area contributed by atoms with Crippen molar-refractivity contribution >= 4 is 35.1 Å². The lowest BCUT2D eigenvalue weighted by molar-refractivity contribution is -0.384. The van der Waals surface area contributed by atoms with E-state index in [-0.39, 0.29) is 23.4 Å². The summed E-state index contributed by atoms with van der Waals surface area (Å²) in [6, 6.07) is 13.8. The van der Waals surface area contributed by atoms with Crippen LogP contribution in [0.15, 0.2) is 54.6 Å². The summed E-state index contributed by atoms with van der Waals surface area (Å²) in [6.45, 7) is 1.76. The molecule has 2 aromatic carbocycles. The number of hydrogen-bond donors (Lipinski definition) is 2. The normalized spacial score (nSPS) is 20.5. The zero-order valence-corrected chi connectivity index (χ0v) is 19.1. The van der Waals surface area contributed by atoms with Crippen LogP contribution in [0.4, 0.5) is 16.2 Å². The first-order chi connectivity index (χ1) is 16.7. The van der Waals surface area contributed by atoms with E-state index in [9.17, 15) is 29.3 Å². The van der Waals surface area contributed by atoms with Crippen LogP contribution in [0, 0.1) is 16.0 Å². The van der Waals surface area contributed by atoms with Gasteiger partial charge in [-0.15, -0.1) is 0 Å². The Bertz CT molecular complexity index is 1160. The maximum absolute atomic E-state index is 13.1. The highest BCUT2D eigenvalue weighted by Crippen LogP contribution is 2.30. The van der Waals surface area contributed by atoms with Crippen LogP contribution in [0.1, 0.15) is 25.3 Å².